The van der Waals surface area contributed by atoms with E-state index in [0.717, 1.165) is 0 Å². The van der Waals surface area contributed by atoms with Gasteiger partial charge in [0.1, 0.15) is 5.92 Å². The van der Waals surface area contributed by atoms with Crippen molar-refractivity contribution in [1.29, 1.82) is 0 Å². The first kappa shape index (κ1) is 14.1. The first-order valence-electron chi connectivity index (χ1n) is 5.24. The van der Waals surface area contributed by atoms with Crippen LogP contribution in [0.5, 0.6) is 0 Å². The molecule has 0 N–H and O–H groups in total. The van der Waals surface area contributed by atoms with Crippen LogP contribution in [-0.4, -0.2) is 24.5 Å². The summed E-state index contributed by atoms with van der Waals surface area (Å²) in [5, 5.41) is 0. The van der Waals surface area contributed by atoms with E-state index in [1.165, 1.54) is 6.92 Å². The van der Waals surface area contributed by atoms with Gasteiger partial charge in [-0.05, 0) is 19.3 Å². The Labute approximate surface area is 90.0 Å². The van der Waals surface area contributed by atoms with E-state index in [1.807, 2.05) is 13.8 Å². The molecule has 0 aliphatic heterocycles. The van der Waals surface area contributed by atoms with Gasteiger partial charge in [-0.3, -0.25) is 9.59 Å². The number of hydrogen-bond donors (Lipinski definition) is 0. The number of rotatable bonds is 6. The third kappa shape index (κ3) is 4.91. The number of halogens is 1. The van der Waals surface area contributed by atoms with Gasteiger partial charge in [0.25, 0.3) is 0 Å². The number of hydrogen-bond acceptors (Lipinski definition) is 3. The number of ketones is 1. The van der Waals surface area contributed by atoms with E-state index < -0.39 is 23.8 Å². The maximum Gasteiger partial charge on any atom is 0.316 e. The Kier molecular flexibility index (Phi) is 6.13. The molecule has 0 fully saturated rings. The Balaban J connectivity index is 4.14. The van der Waals surface area contributed by atoms with Crippen molar-refractivity contribution in [1.82, 2.24) is 0 Å². The second-order valence-corrected chi connectivity index (χ2v) is 4.02. The van der Waals surface area contributed by atoms with Crippen LogP contribution in [0.2, 0.25) is 0 Å². The van der Waals surface area contributed by atoms with Gasteiger partial charge in [-0.15, -0.1) is 0 Å². The first-order chi connectivity index (χ1) is 6.90. The van der Waals surface area contributed by atoms with Gasteiger partial charge in [0.2, 0.25) is 0 Å². The highest BCUT2D eigenvalue weighted by atomic mass is 19.1. The summed E-state index contributed by atoms with van der Waals surface area (Å²) in [6, 6.07) is 0. The summed E-state index contributed by atoms with van der Waals surface area (Å²) in [6.45, 7) is 7.00. The van der Waals surface area contributed by atoms with E-state index in [0.29, 0.717) is 0 Å². The maximum atomic E-state index is 13.0. The average Bonchev–Trinajstić information content (AvgIpc) is 2.22. The number of carbonyl (C=O) groups is 2. The second kappa shape index (κ2) is 6.53. The van der Waals surface area contributed by atoms with Crippen LogP contribution < -0.4 is 0 Å². The predicted molar refractivity (Wildman–Crippen MR) is 55.2 cm³/mol. The molecule has 3 nitrogen and oxygen atoms in total. The van der Waals surface area contributed by atoms with Gasteiger partial charge in [-0.1, -0.05) is 20.8 Å². The van der Waals surface area contributed by atoms with E-state index in [9.17, 15) is 14.0 Å². The van der Waals surface area contributed by atoms with Gasteiger partial charge in [-0.2, -0.15) is 0 Å². The van der Waals surface area contributed by atoms with Crippen molar-refractivity contribution in [3.05, 3.63) is 0 Å². The van der Waals surface area contributed by atoms with Crippen LogP contribution >= 0.6 is 0 Å². The predicted octanol–water partition coefficient (Wildman–Crippen LogP) is 2.14. The zero-order valence-corrected chi connectivity index (χ0v) is 9.75. The minimum absolute atomic E-state index is 0.0979. The van der Waals surface area contributed by atoms with Crippen molar-refractivity contribution >= 4 is 11.8 Å². The molecule has 0 aromatic carbocycles. The van der Waals surface area contributed by atoms with Crippen LogP contribution in [-0.2, 0) is 14.3 Å². The van der Waals surface area contributed by atoms with Gasteiger partial charge in [-0.25, -0.2) is 4.39 Å². The average molecular weight is 218 g/mol. The molecule has 0 saturated heterocycles. The number of alkyl halides is 1. The zero-order chi connectivity index (χ0) is 12.0. The van der Waals surface area contributed by atoms with E-state index in [-0.39, 0.29) is 18.9 Å². The lowest BCUT2D eigenvalue weighted by Gasteiger charge is -2.13. The molecule has 0 spiro atoms. The Bertz CT molecular complexity index is 226. The standard InChI is InChI=1S/C11H19FO3/c1-5-9(12)10(13)8(4)11(14)15-6-7(2)3/h7-9H,5-6H2,1-4H3. The summed E-state index contributed by atoms with van der Waals surface area (Å²) in [4.78, 5) is 22.6. The Morgan fingerprint density at radius 3 is 2.20 bits per heavy atom. The molecule has 0 rings (SSSR count). The molecule has 0 aromatic rings. The molecule has 0 aliphatic carbocycles. The molecule has 0 heterocycles. The molecule has 0 bridgehead atoms. The quantitative estimate of drug-likeness (QED) is 0.506. The molecule has 0 radical (unpaired) electrons. The molecule has 0 aromatic heterocycles. The number of esters is 1. The Morgan fingerprint density at radius 1 is 1.27 bits per heavy atom. The fourth-order valence-corrected chi connectivity index (χ4v) is 0.962. The van der Waals surface area contributed by atoms with E-state index in [1.54, 1.807) is 6.92 Å². The third-order valence-electron chi connectivity index (χ3n) is 2.01. The van der Waals surface area contributed by atoms with Crippen LogP contribution in [0.15, 0.2) is 0 Å². The molecule has 0 amide bonds. The smallest absolute Gasteiger partial charge is 0.316 e. The van der Waals surface area contributed by atoms with Crippen molar-refractivity contribution < 1.29 is 18.7 Å². The van der Waals surface area contributed by atoms with Crippen LogP contribution in [0, 0.1) is 11.8 Å². The van der Waals surface area contributed by atoms with Gasteiger partial charge in [0, 0.05) is 0 Å². The van der Waals surface area contributed by atoms with Gasteiger partial charge < -0.3 is 4.74 Å². The molecule has 2 unspecified atom stereocenters. The number of Topliss-reactive ketones (excluding diaryl/α,β-unsaturated/α-hetero) is 1. The number of ether oxygens (including phenoxy) is 1. The van der Waals surface area contributed by atoms with Crippen molar-refractivity contribution in [2.45, 2.75) is 40.3 Å². The molecular formula is C11H19FO3. The number of carbonyl (C=O) groups excluding carboxylic acids is 2. The van der Waals surface area contributed by atoms with Gasteiger partial charge in [0.05, 0.1) is 6.61 Å². The molecule has 0 saturated carbocycles. The first-order valence-corrected chi connectivity index (χ1v) is 5.24. The highest BCUT2D eigenvalue weighted by molar-refractivity contribution is 6.00. The molecule has 4 heteroatoms. The highest BCUT2D eigenvalue weighted by Gasteiger charge is 2.28. The summed E-state index contributed by atoms with van der Waals surface area (Å²) in [5.74, 6) is -2.11. The van der Waals surface area contributed by atoms with Crippen LogP contribution in [0.4, 0.5) is 4.39 Å². The third-order valence-corrected chi connectivity index (χ3v) is 2.01. The molecule has 15 heavy (non-hydrogen) atoms. The Morgan fingerprint density at radius 2 is 1.80 bits per heavy atom. The normalized spacial score (nSPS) is 14.8. The summed E-state index contributed by atoms with van der Waals surface area (Å²) in [5.41, 5.74) is 0. The molecule has 0 aliphatic rings. The summed E-state index contributed by atoms with van der Waals surface area (Å²) in [6.07, 6.45) is -1.47. The van der Waals surface area contributed by atoms with E-state index >= 15 is 0 Å². The zero-order valence-electron chi connectivity index (χ0n) is 9.75. The van der Waals surface area contributed by atoms with Crippen molar-refractivity contribution in [3.8, 4) is 0 Å². The van der Waals surface area contributed by atoms with Crippen LogP contribution in [0.3, 0.4) is 0 Å². The molecule has 2 atom stereocenters. The maximum absolute atomic E-state index is 13.0. The summed E-state index contributed by atoms with van der Waals surface area (Å²) >= 11 is 0. The van der Waals surface area contributed by atoms with Crippen LogP contribution in [0.25, 0.3) is 0 Å². The highest BCUT2D eigenvalue weighted by Crippen LogP contribution is 2.10. The second-order valence-electron chi connectivity index (χ2n) is 4.02. The minimum Gasteiger partial charge on any atom is -0.465 e. The topological polar surface area (TPSA) is 43.4 Å². The Hall–Kier alpha value is -0.930. The molecular weight excluding hydrogens is 199 g/mol. The van der Waals surface area contributed by atoms with Crippen molar-refractivity contribution in [2.24, 2.45) is 11.8 Å². The largest absolute Gasteiger partial charge is 0.465 e. The summed E-state index contributed by atoms with van der Waals surface area (Å²) < 4.78 is 17.8. The monoisotopic (exact) mass is 218 g/mol. The van der Waals surface area contributed by atoms with Gasteiger partial charge in [0.15, 0.2) is 12.0 Å². The lowest BCUT2D eigenvalue weighted by Crippen LogP contribution is -2.30. The SMILES string of the molecule is CCC(F)C(=O)C(C)C(=O)OCC(C)C. The van der Waals surface area contributed by atoms with Gasteiger partial charge >= 0.3 is 5.97 Å². The fraction of sp³-hybridized carbons (Fsp3) is 0.818. The lowest BCUT2D eigenvalue weighted by molar-refractivity contribution is -0.153. The van der Waals surface area contributed by atoms with Crippen molar-refractivity contribution in [3.63, 3.8) is 0 Å². The van der Waals surface area contributed by atoms with E-state index in [4.69, 9.17) is 4.74 Å². The van der Waals surface area contributed by atoms with E-state index in [2.05, 4.69) is 0 Å². The molecule has 88 valence electrons. The summed E-state index contributed by atoms with van der Waals surface area (Å²) in [7, 11) is 0. The minimum atomic E-state index is -1.56. The van der Waals surface area contributed by atoms with Crippen molar-refractivity contribution in [2.75, 3.05) is 6.61 Å². The fourth-order valence-electron chi connectivity index (χ4n) is 0.962. The lowest BCUT2D eigenvalue weighted by atomic mass is 10.0. The van der Waals surface area contributed by atoms with Crippen LogP contribution in [0.1, 0.15) is 34.1 Å².